The number of hydrogen-bond donors (Lipinski definition) is 2. The van der Waals surface area contributed by atoms with E-state index < -0.39 is 0 Å². The highest BCUT2D eigenvalue weighted by Crippen LogP contribution is 2.38. The van der Waals surface area contributed by atoms with Gasteiger partial charge in [-0.2, -0.15) is 5.10 Å². The van der Waals surface area contributed by atoms with Crippen LogP contribution in [0, 0.1) is 0 Å². The number of nitrogens with one attached hydrogen (secondary N) is 2. The van der Waals surface area contributed by atoms with Crippen LogP contribution in [0.3, 0.4) is 0 Å². The second-order valence-electron chi connectivity index (χ2n) is 4.38. The number of aromatic nitrogens is 2. The summed E-state index contributed by atoms with van der Waals surface area (Å²) in [6.07, 6.45) is 2.31. The van der Waals surface area contributed by atoms with E-state index in [4.69, 9.17) is 0 Å². The molecule has 0 spiro atoms. The third-order valence-electron chi connectivity index (χ3n) is 2.83. The van der Waals surface area contributed by atoms with Gasteiger partial charge < -0.3 is 10.6 Å². The largest absolute Gasteiger partial charge is 0.338 e. The quantitative estimate of drug-likeness (QED) is 0.796. The molecule has 18 heavy (non-hydrogen) atoms. The van der Waals surface area contributed by atoms with E-state index in [-0.39, 0.29) is 11.6 Å². The monoisotopic (exact) mass is 250 g/mol. The molecule has 6 nitrogen and oxygen atoms in total. The van der Waals surface area contributed by atoms with Crippen LogP contribution in [0.2, 0.25) is 0 Å². The topological polar surface area (TPSA) is 76.0 Å². The molecule has 0 radical (unpaired) electrons. The molecule has 2 amide bonds. The van der Waals surface area contributed by atoms with Crippen molar-refractivity contribution in [2.24, 2.45) is 0 Å². The molecule has 1 fully saturated rings. The molecule has 1 saturated carbocycles. The van der Waals surface area contributed by atoms with Crippen molar-refractivity contribution < 1.29 is 4.79 Å². The summed E-state index contributed by atoms with van der Waals surface area (Å²) < 4.78 is 1.42. The van der Waals surface area contributed by atoms with Gasteiger partial charge in [0.15, 0.2) is 0 Å². The summed E-state index contributed by atoms with van der Waals surface area (Å²) in [5.74, 6) is 0.521. The zero-order valence-electron chi connectivity index (χ0n) is 10.5. The number of hydrogen-bond acceptors (Lipinski definition) is 3. The van der Waals surface area contributed by atoms with Crippen LogP contribution in [-0.4, -0.2) is 28.9 Å². The molecule has 98 valence electrons. The Kier molecular flexibility index (Phi) is 3.96. The van der Waals surface area contributed by atoms with Gasteiger partial charge in [-0.25, -0.2) is 9.48 Å². The van der Waals surface area contributed by atoms with Crippen molar-refractivity contribution >= 4 is 6.03 Å². The summed E-state index contributed by atoms with van der Waals surface area (Å²) in [6.45, 7) is 3.23. The van der Waals surface area contributed by atoms with E-state index >= 15 is 0 Å². The lowest BCUT2D eigenvalue weighted by atomic mass is 10.3. The fourth-order valence-electron chi connectivity index (χ4n) is 1.72. The van der Waals surface area contributed by atoms with Gasteiger partial charge in [0.25, 0.3) is 5.56 Å². The smallest absolute Gasteiger partial charge is 0.314 e. The van der Waals surface area contributed by atoms with E-state index in [0.29, 0.717) is 25.6 Å². The van der Waals surface area contributed by atoms with Crippen LogP contribution in [0.4, 0.5) is 4.79 Å². The third-order valence-corrected chi connectivity index (χ3v) is 2.83. The maximum atomic E-state index is 11.6. The summed E-state index contributed by atoms with van der Waals surface area (Å²) in [5, 5.41) is 9.61. The van der Waals surface area contributed by atoms with Gasteiger partial charge >= 0.3 is 6.03 Å². The summed E-state index contributed by atoms with van der Waals surface area (Å²) in [7, 11) is 0. The van der Waals surface area contributed by atoms with Crippen molar-refractivity contribution in [1.29, 1.82) is 0 Å². The molecule has 2 N–H and O–H groups in total. The van der Waals surface area contributed by atoms with Gasteiger partial charge in [0.1, 0.15) is 0 Å². The van der Waals surface area contributed by atoms with Crippen LogP contribution in [0.1, 0.15) is 31.4 Å². The lowest BCUT2D eigenvalue weighted by Gasteiger charge is -2.08. The number of nitrogens with zero attached hydrogens (tertiary/aromatic N) is 2. The molecule has 2 rings (SSSR count). The Morgan fingerprint density at radius 2 is 2.22 bits per heavy atom. The minimum Gasteiger partial charge on any atom is -0.338 e. The molecule has 1 aromatic rings. The first-order valence-corrected chi connectivity index (χ1v) is 6.30. The standard InChI is InChI=1S/C12H18N4O2/c1-2-13-12(18)14-7-8-16-11(17)6-5-10(15-16)9-3-4-9/h5-6,9H,2-4,7-8H2,1H3,(H2,13,14,18). The molecule has 1 aromatic heterocycles. The van der Waals surface area contributed by atoms with Crippen molar-refractivity contribution in [2.75, 3.05) is 13.1 Å². The SMILES string of the molecule is CCNC(=O)NCCn1nc(C2CC2)ccc1=O. The average molecular weight is 250 g/mol. The molecule has 1 heterocycles. The van der Waals surface area contributed by atoms with E-state index in [0.717, 1.165) is 18.5 Å². The first kappa shape index (κ1) is 12.6. The van der Waals surface area contributed by atoms with E-state index in [1.807, 2.05) is 6.92 Å². The molecule has 0 aromatic carbocycles. The van der Waals surface area contributed by atoms with Gasteiger partial charge in [-0.05, 0) is 25.8 Å². The number of rotatable bonds is 5. The number of carbonyl (C=O) groups excluding carboxylic acids is 1. The molecule has 0 saturated heterocycles. The number of amides is 2. The van der Waals surface area contributed by atoms with Gasteiger partial charge in [-0.15, -0.1) is 0 Å². The van der Waals surface area contributed by atoms with Gasteiger partial charge in [0.05, 0.1) is 12.2 Å². The Hall–Kier alpha value is -1.85. The maximum Gasteiger partial charge on any atom is 0.314 e. The van der Waals surface area contributed by atoms with Crippen LogP contribution >= 0.6 is 0 Å². The first-order valence-electron chi connectivity index (χ1n) is 6.30. The lowest BCUT2D eigenvalue weighted by molar-refractivity contribution is 0.241. The zero-order chi connectivity index (χ0) is 13.0. The summed E-state index contributed by atoms with van der Waals surface area (Å²) >= 11 is 0. The Labute approximate surface area is 105 Å². The van der Waals surface area contributed by atoms with Crippen LogP contribution < -0.4 is 16.2 Å². The van der Waals surface area contributed by atoms with Crippen molar-refractivity contribution in [3.8, 4) is 0 Å². The first-order chi connectivity index (χ1) is 8.70. The minimum atomic E-state index is -0.219. The van der Waals surface area contributed by atoms with Gasteiger partial charge in [-0.3, -0.25) is 4.79 Å². The lowest BCUT2D eigenvalue weighted by Crippen LogP contribution is -2.38. The van der Waals surface area contributed by atoms with Crippen molar-refractivity contribution in [1.82, 2.24) is 20.4 Å². The summed E-state index contributed by atoms with van der Waals surface area (Å²) in [5.41, 5.74) is 0.852. The van der Waals surface area contributed by atoms with Gasteiger partial charge in [-0.1, -0.05) is 0 Å². The maximum absolute atomic E-state index is 11.6. The van der Waals surface area contributed by atoms with Gasteiger partial charge in [0.2, 0.25) is 0 Å². The van der Waals surface area contributed by atoms with Crippen LogP contribution in [0.15, 0.2) is 16.9 Å². The van der Waals surface area contributed by atoms with E-state index in [9.17, 15) is 9.59 Å². The predicted molar refractivity (Wildman–Crippen MR) is 67.5 cm³/mol. The molecule has 0 bridgehead atoms. The molecule has 0 aliphatic heterocycles. The summed E-state index contributed by atoms with van der Waals surface area (Å²) in [4.78, 5) is 22.8. The van der Waals surface area contributed by atoms with Gasteiger partial charge in [0, 0.05) is 25.1 Å². The molecule has 6 heteroatoms. The van der Waals surface area contributed by atoms with E-state index in [2.05, 4.69) is 15.7 Å². The molecular formula is C12H18N4O2. The van der Waals surface area contributed by atoms with E-state index in [1.165, 1.54) is 4.68 Å². The fraction of sp³-hybridized carbons (Fsp3) is 0.583. The Morgan fingerprint density at radius 3 is 2.89 bits per heavy atom. The fourth-order valence-corrected chi connectivity index (χ4v) is 1.72. The van der Waals surface area contributed by atoms with Crippen molar-refractivity contribution in [2.45, 2.75) is 32.2 Å². The number of carbonyl (C=O) groups is 1. The zero-order valence-corrected chi connectivity index (χ0v) is 10.5. The van der Waals surface area contributed by atoms with E-state index in [1.54, 1.807) is 12.1 Å². The molecule has 0 atom stereocenters. The predicted octanol–water partition coefficient (Wildman–Crippen LogP) is 0.440. The highest BCUT2D eigenvalue weighted by atomic mass is 16.2. The molecule has 0 unspecified atom stereocenters. The Balaban J connectivity index is 1.90. The Bertz CT molecular complexity index is 479. The second-order valence-corrected chi connectivity index (χ2v) is 4.38. The third kappa shape index (κ3) is 3.32. The van der Waals surface area contributed by atoms with Crippen LogP contribution in [0.5, 0.6) is 0 Å². The number of urea groups is 1. The highest BCUT2D eigenvalue weighted by molar-refractivity contribution is 5.73. The van der Waals surface area contributed by atoms with Crippen molar-refractivity contribution in [3.63, 3.8) is 0 Å². The summed E-state index contributed by atoms with van der Waals surface area (Å²) in [6, 6.07) is 3.13. The average Bonchev–Trinajstić information content (AvgIpc) is 3.16. The van der Waals surface area contributed by atoms with Crippen LogP contribution in [0.25, 0.3) is 0 Å². The van der Waals surface area contributed by atoms with Crippen LogP contribution in [-0.2, 0) is 6.54 Å². The molecular weight excluding hydrogens is 232 g/mol. The second kappa shape index (κ2) is 5.66. The Morgan fingerprint density at radius 1 is 1.44 bits per heavy atom. The molecule has 1 aliphatic carbocycles. The normalized spacial score (nSPS) is 14.3. The molecule has 1 aliphatic rings. The highest BCUT2D eigenvalue weighted by Gasteiger charge is 2.25. The minimum absolute atomic E-state index is 0.128. The van der Waals surface area contributed by atoms with Crippen molar-refractivity contribution in [3.05, 3.63) is 28.2 Å².